The molecule has 0 bridgehead atoms. The third-order valence-corrected chi connectivity index (χ3v) is 3.73. The maximum absolute atomic E-state index is 12.7. The quantitative estimate of drug-likeness (QED) is 0.869. The summed E-state index contributed by atoms with van der Waals surface area (Å²) in [6, 6.07) is 5.13. The highest BCUT2D eigenvalue weighted by Crippen LogP contribution is 2.29. The third kappa shape index (κ3) is 2.12. The van der Waals surface area contributed by atoms with E-state index in [0.29, 0.717) is 5.56 Å². The Hall–Kier alpha value is -1.95. The fourth-order valence-corrected chi connectivity index (χ4v) is 2.67. The molecule has 1 aromatic carbocycles. The second kappa shape index (κ2) is 3.81. The number of rotatable bonds is 2. The zero-order valence-corrected chi connectivity index (χ0v) is 9.24. The first-order chi connectivity index (χ1) is 7.90. The second-order valence-electron chi connectivity index (χ2n) is 3.44. The van der Waals surface area contributed by atoms with Gasteiger partial charge in [0.2, 0.25) is 9.84 Å². The van der Waals surface area contributed by atoms with Crippen LogP contribution in [0.4, 0.5) is 4.39 Å². The number of halogens is 1. The smallest absolute Gasteiger partial charge is 0.347 e. The maximum Gasteiger partial charge on any atom is 0.347 e. The topological polar surface area (TPSA) is 71.4 Å². The van der Waals surface area contributed by atoms with Gasteiger partial charge in [0, 0.05) is 5.41 Å². The van der Waals surface area contributed by atoms with Crippen LogP contribution in [-0.2, 0) is 14.6 Å². The van der Waals surface area contributed by atoms with E-state index < -0.39 is 26.5 Å². The Morgan fingerprint density at radius 2 is 1.76 bits per heavy atom. The molecule has 0 atom stereocenters. The Labute approximate surface area is 96.6 Å². The molecule has 0 radical (unpaired) electrons. The van der Waals surface area contributed by atoms with Gasteiger partial charge in [0.1, 0.15) is 5.82 Å². The summed E-state index contributed by atoms with van der Waals surface area (Å²) in [5, 5.41) is 9.58. The molecule has 0 amide bonds. The second-order valence-corrected chi connectivity index (χ2v) is 5.20. The van der Waals surface area contributed by atoms with E-state index in [9.17, 15) is 17.6 Å². The highest BCUT2D eigenvalue weighted by Gasteiger charge is 2.28. The van der Waals surface area contributed by atoms with Gasteiger partial charge >= 0.3 is 5.97 Å². The number of carboxylic acids is 1. The summed E-state index contributed by atoms with van der Waals surface area (Å²) in [5.41, 5.74) is 0.689. The number of carboxylic acid groups (broad SMARTS) is 1. The van der Waals surface area contributed by atoms with Crippen LogP contribution in [0, 0.1) is 5.82 Å². The van der Waals surface area contributed by atoms with Gasteiger partial charge in [0.05, 0.1) is 0 Å². The lowest BCUT2D eigenvalue weighted by atomic mass is 10.1. The number of benzene rings is 1. The van der Waals surface area contributed by atoms with Gasteiger partial charge in [-0.1, -0.05) is 12.1 Å². The number of hydrogen-bond acceptors (Lipinski definition) is 3. The van der Waals surface area contributed by atoms with Crippen LogP contribution in [0.1, 0.15) is 5.56 Å². The summed E-state index contributed by atoms with van der Waals surface area (Å²) in [7, 11) is -3.89. The average Bonchev–Trinajstić information content (AvgIpc) is 2.55. The van der Waals surface area contributed by atoms with Gasteiger partial charge in [0.25, 0.3) is 0 Å². The molecule has 1 aromatic rings. The number of carbonyl (C=O) groups is 1. The molecule has 0 fully saturated rings. The number of aliphatic carboxylic acids is 1. The van der Waals surface area contributed by atoms with Gasteiger partial charge in [-0.15, -0.1) is 0 Å². The highest BCUT2D eigenvalue weighted by molar-refractivity contribution is 7.99. The van der Waals surface area contributed by atoms with Crippen LogP contribution >= 0.6 is 0 Å². The SMILES string of the molecule is O=C(O)C1=CC(c2ccc(F)cc2)=CS1(=O)=O. The molecule has 0 saturated heterocycles. The minimum absolute atomic E-state index is 0.238. The average molecular weight is 254 g/mol. The molecule has 0 spiro atoms. The lowest BCUT2D eigenvalue weighted by Crippen LogP contribution is -2.07. The molecule has 0 saturated carbocycles. The first-order valence-electron chi connectivity index (χ1n) is 4.58. The van der Waals surface area contributed by atoms with Crippen molar-refractivity contribution in [1.29, 1.82) is 0 Å². The van der Waals surface area contributed by atoms with E-state index in [1.54, 1.807) is 0 Å². The lowest BCUT2D eigenvalue weighted by Gasteiger charge is -1.97. The molecule has 1 N–H and O–H groups in total. The van der Waals surface area contributed by atoms with Crippen LogP contribution in [0.2, 0.25) is 0 Å². The van der Waals surface area contributed by atoms with Crippen molar-refractivity contribution < 1.29 is 22.7 Å². The van der Waals surface area contributed by atoms with Crippen LogP contribution < -0.4 is 0 Å². The maximum atomic E-state index is 12.7. The zero-order chi connectivity index (χ0) is 12.6. The number of sulfone groups is 1. The fraction of sp³-hybridized carbons (Fsp3) is 0. The molecule has 0 aromatic heterocycles. The van der Waals surface area contributed by atoms with Crippen molar-refractivity contribution >= 4 is 21.4 Å². The van der Waals surface area contributed by atoms with Gasteiger partial charge in [-0.2, -0.15) is 0 Å². The van der Waals surface area contributed by atoms with E-state index in [1.807, 2.05) is 0 Å². The van der Waals surface area contributed by atoms with Crippen molar-refractivity contribution in [2.45, 2.75) is 0 Å². The van der Waals surface area contributed by atoms with E-state index >= 15 is 0 Å². The van der Waals surface area contributed by atoms with E-state index in [2.05, 4.69) is 0 Å². The van der Waals surface area contributed by atoms with E-state index in [4.69, 9.17) is 5.11 Å². The summed E-state index contributed by atoms with van der Waals surface area (Å²) >= 11 is 0. The molecule has 88 valence electrons. The highest BCUT2D eigenvalue weighted by atomic mass is 32.2. The van der Waals surface area contributed by atoms with Gasteiger partial charge in [0.15, 0.2) is 4.91 Å². The van der Waals surface area contributed by atoms with E-state index in [-0.39, 0.29) is 5.57 Å². The van der Waals surface area contributed by atoms with Crippen molar-refractivity contribution in [1.82, 2.24) is 0 Å². The van der Waals surface area contributed by atoms with Crippen molar-refractivity contribution in [2.24, 2.45) is 0 Å². The zero-order valence-electron chi connectivity index (χ0n) is 8.42. The molecule has 0 unspecified atom stereocenters. The Morgan fingerprint density at radius 1 is 1.18 bits per heavy atom. The van der Waals surface area contributed by atoms with Gasteiger partial charge in [-0.05, 0) is 29.3 Å². The first kappa shape index (κ1) is 11.5. The molecule has 1 aliphatic heterocycles. The van der Waals surface area contributed by atoms with E-state index in [1.165, 1.54) is 24.3 Å². The molecule has 17 heavy (non-hydrogen) atoms. The summed E-state index contributed by atoms with van der Waals surface area (Å²) < 4.78 is 35.6. The van der Waals surface area contributed by atoms with Crippen LogP contribution in [0.25, 0.3) is 5.57 Å². The Kier molecular flexibility index (Phi) is 2.59. The predicted molar refractivity (Wildman–Crippen MR) is 59.0 cm³/mol. The number of allylic oxidation sites excluding steroid dienone is 2. The molecule has 0 aliphatic carbocycles. The van der Waals surface area contributed by atoms with Gasteiger partial charge < -0.3 is 5.11 Å². The molecule has 1 heterocycles. The third-order valence-electron chi connectivity index (χ3n) is 2.26. The summed E-state index contributed by atoms with van der Waals surface area (Å²) in [5.74, 6) is -1.95. The molecule has 1 aliphatic rings. The summed E-state index contributed by atoms with van der Waals surface area (Å²) in [6.45, 7) is 0. The van der Waals surface area contributed by atoms with E-state index in [0.717, 1.165) is 11.5 Å². The largest absolute Gasteiger partial charge is 0.477 e. The molecule has 6 heteroatoms. The van der Waals surface area contributed by atoms with Crippen molar-refractivity contribution in [2.75, 3.05) is 0 Å². The predicted octanol–water partition coefficient (Wildman–Crippen LogP) is 1.56. The van der Waals surface area contributed by atoms with Crippen LogP contribution in [0.15, 0.2) is 40.7 Å². The van der Waals surface area contributed by atoms with Crippen LogP contribution in [-0.4, -0.2) is 19.5 Å². The van der Waals surface area contributed by atoms with Crippen molar-refractivity contribution in [3.8, 4) is 0 Å². The Balaban J connectivity index is 2.50. The van der Waals surface area contributed by atoms with Crippen molar-refractivity contribution in [3.05, 3.63) is 52.0 Å². The minimum Gasteiger partial charge on any atom is -0.477 e. The van der Waals surface area contributed by atoms with Crippen molar-refractivity contribution in [3.63, 3.8) is 0 Å². The normalized spacial score (nSPS) is 17.5. The fourth-order valence-electron chi connectivity index (χ4n) is 1.47. The lowest BCUT2D eigenvalue weighted by molar-refractivity contribution is -0.131. The van der Waals surface area contributed by atoms with Gasteiger partial charge in [-0.25, -0.2) is 17.6 Å². The Bertz CT molecular complexity index is 639. The van der Waals surface area contributed by atoms with Crippen LogP contribution in [0.5, 0.6) is 0 Å². The Morgan fingerprint density at radius 3 is 2.24 bits per heavy atom. The standard InChI is InChI=1S/C11H7FO4S/c12-9-3-1-7(2-4-9)8-5-10(11(13)14)17(15,16)6-8/h1-6H,(H,13,14). The first-order valence-corrected chi connectivity index (χ1v) is 6.12. The molecular formula is C11H7FO4S. The molecule has 2 rings (SSSR count). The minimum atomic E-state index is -3.89. The molecular weight excluding hydrogens is 247 g/mol. The van der Waals surface area contributed by atoms with Gasteiger partial charge in [-0.3, -0.25) is 0 Å². The van der Waals surface area contributed by atoms with Crippen LogP contribution in [0.3, 0.4) is 0 Å². The monoisotopic (exact) mass is 254 g/mol. The number of hydrogen-bond donors (Lipinski definition) is 1. The molecule has 4 nitrogen and oxygen atoms in total. The summed E-state index contributed by atoms with van der Waals surface area (Å²) in [6.07, 6.45) is 1.06. The summed E-state index contributed by atoms with van der Waals surface area (Å²) in [4.78, 5) is 10.0.